The van der Waals surface area contributed by atoms with Crippen molar-refractivity contribution in [1.82, 2.24) is 4.57 Å². The summed E-state index contributed by atoms with van der Waals surface area (Å²) in [6.07, 6.45) is 0. The first-order chi connectivity index (χ1) is 35.1. The molecule has 0 amide bonds. The van der Waals surface area contributed by atoms with E-state index in [1.165, 1.54) is 11.1 Å². The molecule has 5 heteroatoms. The molecule has 0 saturated heterocycles. The monoisotopic (exact) mass is 908 g/mol. The zero-order chi connectivity index (χ0) is 46.6. The summed E-state index contributed by atoms with van der Waals surface area (Å²) in [5.74, 6) is 0. The summed E-state index contributed by atoms with van der Waals surface area (Å²) in [4.78, 5) is 2.42. The molecule has 1 aliphatic heterocycles. The van der Waals surface area contributed by atoms with Crippen molar-refractivity contribution < 1.29 is 13.3 Å². The van der Waals surface area contributed by atoms with Gasteiger partial charge in [-0.1, -0.05) is 176 Å². The molecule has 0 atom stereocenters. The normalized spacial score (nSPS) is 12.6. The van der Waals surface area contributed by atoms with Crippen molar-refractivity contribution in [2.24, 2.45) is 0 Å². The summed E-state index contributed by atoms with van der Waals surface area (Å²) in [6.45, 7) is 4.33. The first kappa shape index (κ1) is 38.6. The number of aryl methyl sites for hydroxylation is 2. The van der Waals surface area contributed by atoms with Crippen LogP contribution >= 0.6 is 0 Å². The van der Waals surface area contributed by atoms with Gasteiger partial charge in [0.1, 0.15) is 16.7 Å². The van der Waals surface area contributed by atoms with E-state index in [4.69, 9.17) is 13.3 Å². The van der Waals surface area contributed by atoms with Crippen molar-refractivity contribution in [1.29, 1.82) is 0 Å². The molecule has 0 spiro atoms. The summed E-state index contributed by atoms with van der Waals surface area (Å²) in [5.41, 5.74) is 20.2. The molecular formula is C66H40N2O3. The second-order valence-corrected chi connectivity index (χ2v) is 19.1. The van der Waals surface area contributed by atoms with E-state index in [0.29, 0.717) is 0 Å². The second-order valence-electron chi connectivity index (χ2n) is 19.1. The first-order valence-electron chi connectivity index (χ1n) is 24.3. The number of para-hydroxylation sites is 6. The fourth-order valence-electron chi connectivity index (χ4n) is 12.4. The van der Waals surface area contributed by atoms with Crippen LogP contribution in [-0.4, -0.2) is 4.57 Å². The Hall–Kier alpha value is -9.32. The molecule has 0 saturated carbocycles. The van der Waals surface area contributed by atoms with Crippen molar-refractivity contribution in [3.05, 3.63) is 217 Å². The van der Waals surface area contributed by atoms with E-state index < -0.39 is 0 Å². The van der Waals surface area contributed by atoms with Crippen molar-refractivity contribution >= 4 is 115 Å². The van der Waals surface area contributed by atoms with Crippen LogP contribution in [0.1, 0.15) is 11.1 Å². The van der Waals surface area contributed by atoms with Gasteiger partial charge in [-0.05, 0) is 77.4 Å². The molecule has 0 N–H and O–H groups in total. The summed E-state index contributed by atoms with van der Waals surface area (Å²) in [7, 11) is 0. The molecule has 332 valence electrons. The Bertz CT molecular complexity index is 4810. The lowest BCUT2D eigenvalue weighted by atomic mass is 9.88. The van der Waals surface area contributed by atoms with Crippen LogP contribution in [0.15, 0.2) is 220 Å². The third-order valence-corrected chi connectivity index (χ3v) is 15.4. The van der Waals surface area contributed by atoms with Crippen LogP contribution in [0.4, 0.5) is 17.1 Å². The number of hydrogen-bond acceptors (Lipinski definition) is 4. The lowest BCUT2D eigenvalue weighted by Gasteiger charge is -2.33. The zero-order valence-corrected chi connectivity index (χ0v) is 38.7. The Kier molecular flexibility index (Phi) is 7.69. The van der Waals surface area contributed by atoms with Gasteiger partial charge in [0, 0.05) is 59.8 Å². The quantitative estimate of drug-likeness (QED) is 0.177. The molecular weight excluding hydrogens is 869 g/mol. The predicted octanol–water partition coefficient (Wildman–Crippen LogP) is 19.0. The van der Waals surface area contributed by atoms with Crippen LogP contribution in [-0.2, 0) is 0 Å². The lowest BCUT2D eigenvalue weighted by molar-refractivity contribution is 0.666. The number of fused-ring (bicyclic) bond motifs is 12. The van der Waals surface area contributed by atoms with Gasteiger partial charge in [0.25, 0.3) is 0 Å². The average molecular weight is 909 g/mol. The van der Waals surface area contributed by atoms with Crippen molar-refractivity contribution in [2.45, 2.75) is 13.8 Å². The number of benzene rings is 11. The Morgan fingerprint density at radius 1 is 0.296 bits per heavy atom. The molecule has 4 aromatic heterocycles. The van der Waals surface area contributed by atoms with Crippen LogP contribution < -0.4 is 4.90 Å². The second kappa shape index (κ2) is 14.1. The van der Waals surface area contributed by atoms with Crippen LogP contribution in [0.2, 0.25) is 0 Å². The standard InChI is InChI=1S/C66H40N2O3/c1-37-17-3-5-19-39(37)45-25-12-27-47-49-29-14-34-54(64(49)70-62(45)47)67-52-32-9-8-22-42(52)44-24-16-36-56-58(44)59-60(67)51-31-11-23-43-41-21-7-10-33-53(41)68(61(57(43)51)66(59)69-56)55-35-15-30-50-48-28-13-26-46(63(48)71-65(50)55)40-20-6-4-18-38(40)2/h3-36H,1-2H3. The molecule has 16 rings (SSSR count). The van der Waals surface area contributed by atoms with Gasteiger partial charge >= 0.3 is 0 Å². The fraction of sp³-hybridized carbons (Fsp3) is 0.0303. The van der Waals surface area contributed by atoms with Gasteiger partial charge in [-0.3, -0.25) is 0 Å². The number of aromatic nitrogens is 1. The highest BCUT2D eigenvalue weighted by Crippen LogP contribution is 2.59. The van der Waals surface area contributed by atoms with Crippen molar-refractivity contribution in [3.8, 4) is 39.1 Å². The van der Waals surface area contributed by atoms with Gasteiger partial charge in [0.2, 0.25) is 0 Å². The number of furan rings is 3. The third-order valence-electron chi connectivity index (χ3n) is 15.4. The van der Waals surface area contributed by atoms with Crippen molar-refractivity contribution in [2.75, 3.05) is 4.90 Å². The van der Waals surface area contributed by atoms with Gasteiger partial charge < -0.3 is 22.7 Å². The molecule has 0 fully saturated rings. The molecule has 1 aliphatic rings. The Balaban J connectivity index is 1.08. The Labute approximate surface area is 406 Å². The van der Waals surface area contributed by atoms with Crippen LogP contribution in [0.3, 0.4) is 0 Å². The molecule has 0 bridgehead atoms. The third kappa shape index (κ3) is 5.09. The molecule has 0 radical (unpaired) electrons. The van der Waals surface area contributed by atoms with Gasteiger partial charge in [-0.25, -0.2) is 0 Å². The maximum Gasteiger partial charge on any atom is 0.162 e. The van der Waals surface area contributed by atoms with Crippen LogP contribution in [0.5, 0.6) is 0 Å². The van der Waals surface area contributed by atoms with E-state index in [1.54, 1.807) is 0 Å². The van der Waals surface area contributed by atoms with Crippen molar-refractivity contribution in [3.63, 3.8) is 0 Å². The minimum Gasteiger partial charge on any atom is -0.454 e. The summed E-state index contributed by atoms with van der Waals surface area (Å²) >= 11 is 0. The first-order valence-corrected chi connectivity index (χ1v) is 24.3. The van der Waals surface area contributed by atoms with E-state index in [2.05, 4.69) is 230 Å². The topological polar surface area (TPSA) is 47.6 Å². The minimum absolute atomic E-state index is 0.807. The largest absolute Gasteiger partial charge is 0.454 e. The maximum absolute atomic E-state index is 7.44. The predicted molar refractivity (Wildman–Crippen MR) is 294 cm³/mol. The number of hydrogen-bond donors (Lipinski definition) is 0. The summed E-state index contributed by atoms with van der Waals surface area (Å²) < 4.78 is 24.5. The number of anilines is 3. The van der Waals surface area contributed by atoms with E-state index in [0.717, 1.165) is 155 Å². The number of rotatable bonds is 4. The fourth-order valence-corrected chi connectivity index (χ4v) is 12.4. The summed E-state index contributed by atoms with van der Waals surface area (Å²) in [6, 6.07) is 74.2. The zero-order valence-electron chi connectivity index (χ0n) is 38.7. The highest BCUT2D eigenvalue weighted by atomic mass is 16.3. The lowest BCUT2D eigenvalue weighted by Crippen LogP contribution is -2.16. The van der Waals surface area contributed by atoms with E-state index in [9.17, 15) is 0 Å². The van der Waals surface area contributed by atoms with Gasteiger partial charge in [0.15, 0.2) is 16.7 Å². The molecule has 15 aromatic rings. The Morgan fingerprint density at radius 3 is 1.46 bits per heavy atom. The van der Waals surface area contributed by atoms with Gasteiger partial charge in [-0.2, -0.15) is 0 Å². The van der Waals surface area contributed by atoms with Crippen LogP contribution in [0, 0.1) is 13.8 Å². The van der Waals surface area contributed by atoms with Crippen LogP contribution in [0.25, 0.3) is 137 Å². The van der Waals surface area contributed by atoms with E-state index in [-0.39, 0.29) is 0 Å². The molecule has 5 nitrogen and oxygen atoms in total. The molecule has 11 aromatic carbocycles. The smallest absolute Gasteiger partial charge is 0.162 e. The highest BCUT2D eigenvalue weighted by molar-refractivity contribution is 6.37. The molecule has 0 aliphatic carbocycles. The number of nitrogens with zero attached hydrogens (tertiary/aromatic N) is 2. The SMILES string of the molecule is Cc1ccccc1-c1cccc2c1oc1c(N3c4ccccc4-c4cccc5c4c3c3oc4cccc6c7ccccc7n(-c7cccc8c7oc7c(-c9ccccc9C)cccc78)c5c3c46)cccc12. The van der Waals surface area contributed by atoms with Gasteiger partial charge in [-0.15, -0.1) is 0 Å². The summed E-state index contributed by atoms with van der Waals surface area (Å²) in [5, 5.41) is 10.9. The molecule has 71 heavy (non-hydrogen) atoms. The highest BCUT2D eigenvalue weighted by Gasteiger charge is 2.35. The molecule has 5 heterocycles. The van der Waals surface area contributed by atoms with E-state index in [1.807, 2.05) is 0 Å². The van der Waals surface area contributed by atoms with Gasteiger partial charge in [0.05, 0.1) is 39.2 Å². The molecule has 0 unspecified atom stereocenters. The Morgan fingerprint density at radius 2 is 0.775 bits per heavy atom. The average Bonchev–Trinajstić information content (AvgIpc) is 4.10. The van der Waals surface area contributed by atoms with E-state index >= 15 is 0 Å². The maximum atomic E-state index is 7.44. The minimum atomic E-state index is 0.807.